The minimum atomic E-state index is -0.0778. The molecule has 0 aromatic heterocycles. The summed E-state index contributed by atoms with van der Waals surface area (Å²) in [4.78, 5) is 2.48. The maximum absolute atomic E-state index is 10.2. The Morgan fingerprint density at radius 2 is 1.71 bits per heavy atom. The van der Waals surface area contributed by atoms with Crippen molar-refractivity contribution < 1.29 is 9.84 Å². The first-order valence-corrected chi connectivity index (χ1v) is 7.21. The third kappa shape index (κ3) is 3.94. The first-order chi connectivity index (χ1) is 8.15. The lowest BCUT2D eigenvalue weighted by atomic mass is 9.96. The second-order valence-corrected chi connectivity index (χ2v) is 5.94. The van der Waals surface area contributed by atoms with Gasteiger partial charge in [0.15, 0.2) is 0 Å². The molecule has 1 heterocycles. The summed E-state index contributed by atoms with van der Waals surface area (Å²) in [6.07, 6.45) is 6.57. The third-order valence-electron chi connectivity index (χ3n) is 4.11. The molecule has 3 heteroatoms. The van der Waals surface area contributed by atoms with Crippen molar-refractivity contribution >= 4 is 0 Å². The SMILES string of the molecule is C[C@@H]1CN(CC2CCCCCC2O)C[C@H](C)O1. The number of aliphatic hydroxyl groups excluding tert-OH is 1. The van der Waals surface area contributed by atoms with E-state index in [1.807, 2.05) is 0 Å². The number of nitrogens with zero attached hydrogens (tertiary/aromatic N) is 1. The van der Waals surface area contributed by atoms with E-state index in [1.165, 1.54) is 25.7 Å². The van der Waals surface area contributed by atoms with E-state index in [0.717, 1.165) is 26.1 Å². The van der Waals surface area contributed by atoms with Crippen molar-refractivity contribution in [2.45, 2.75) is 64.3 Å². The standard InChI is InChI=1S/C14H27NO2/c1-11-8-15(9-12(2)17-11)10-13-6-4-3-5-7-14(13)16/h11-14,16H,3-10H2,1-2H3/t11-,12+,13?,14?. The molecule has 1 saturated heterocycles. The molecule has 2 fully saturated rings. The van der Waals surface area contributed by atoms with E-state index < -0.39 is 0 Å². The minimum absolute atomic E-state index is 0.0778. The van der Waals surface area contributed by atoms with Gasteiger partial charge < -0.3 is 9.84 Å². The highest BCUT2D eigenvalue weighted by atomic mass is 16.5. The predicted molar refractivity (Wildman–Crippen MR) is 69.0 cm³/mol. The van der Waals surface area contributed by atoms with Crippen LogP contribution in [0.15, 0.2) is 0 Å². The zero-order valence-corrected chi connectivity index (χ0v) is 11.3. The Morgan fingerprint density at radius 3 is 2.41 bits per heavy atom. The molecular formula is C14H27NO2. The van der Waals surface area contributed by atoms with Crippen molar-refractivity contribution in [3.05, 3.63) is 0 Å². The van der Waals surface area contributed by atoms with E-state index in [4.69, 9.17) is 4.74 Å². The zero-order valence-electron chi connectivity index (χ0n) is 11.3. The summed E-state index contributed by atoms with van der Waals surface area (Å²) >= 11 is 0. The van der Waals surface area contributed by atoms with Crippen LogP contribution in [0.4, 0.5) is 0 Å². The lowest BCUT2D eigenvalue weighted by molar-refractivity contribution is -0.0765. The highest BCUT2D eigenvalue weighted by Gasteiger charge is 2.28. The molecule has 2 aliphatic rings. The average molecular weight is 241 g/mol. The summed E-state index contributed by atoms with van der Waals surface area (Å²) in [5.74, 6) is 0.481. The molecule has 1 saturated carbocycles. The fraction of sp³-hybridized carbons (Fsp3) is 1.00. The van der Waals surface area contributed by atoms with E-state index in [-0.39, 0.29) is 6.10 Å². The second kappa shape index (κ2) is 6.17. The summed E-state index contributed by atoms with van der Waals surface area (Å²) in [7, 11) is 0. The Morgan fingerprint density at radius 1 is 1.06 bits per heavy atom. The largest absolute Gasteiger partial charge is 0.393 e. The van der Waals surface area contributed by atoms with E-state index in [0.29, 0.717) is 18.1 Å². The maximum Gasteiger partial charge on any atom is 0.0678 e. The van der Waals surface area contributed by atoms with Crippen LogP contribution in [0, 0.1) is 5.92 Å². The molecule has 0 spiro atoms. The molecule has 1 aliphatic carbocycles. The maximum atomic E-state index is 10.2. The summed E-state index contributed by atoms with van der Waals surface area (Å²) in [6, 6.07) is 0. The van der Waals surface area contributed by atoms with Gasteiger partial charge in [-0.3, -0.25) is 4.90 Å². The molecule has 0 amide bonds. The molecule has 0 bridgehead atoms. The molecule has 0 aromatic rings. The Bertz CT molecular complexity index is 224. The Hall–Kier alpha value is -0.120. The van der Waals surface area contributed by atoms with Gasteiger partial charge in [-0.1, -0.05) is 19.3 Å². The number of rotatable bonds is 2. The number of hydrogen-bond acceptors (Lipinski definition) is 3. The van der Waals surface area contributed by atoms with Gasteiger partial charge in [0.2, 0.25) is 0 Å². The molecule has 100 valence electrons. The summed E-state index contributed by atoms with van der Waals surface area (Å²) < 4.78 is 5.75. The first-order valence-electron chi connectivity index (χ1n) is 7.21. The van der Waals surface area contributed by atoms with Crippen LogP contribution in [0.2, 0.25) is 0 Å². The quantitative estimate of drug-likeness (QED) is 0.751. The fourth-order valence-electron chi connectivity index (χ4n) is 3.34. The normalized spacial score (nSPS) is 41.1. The monoisotopic (exact) mass is 241 g/mol. The van der Waals surface area contributed by atoms with Crippen molar-refractivity contribution in [2.24, 2.45) is 5.92 Å². The van der Waals surface area contributed by atoms with Crippen LogP contribution >= 0.6 is 0 Å². The number of morpholine rings is 1. The summed E-state index contributed by atoms with van der Waals surface area (Å²) in [6.45, 7) is 7.39. The second-order valence-electron chi connectivity index (χ2n) is 5.94. The minimum Gasteiger partial charge on any atom is -0.393 e. The van der Waals surface area contributed by atoms with Crippen molar-refractivity contribution in [1.29, 1.82) is 0 Å². The Balaban J connectivity index is 1.85. The molecule has 0 aromatic carbocycles. The number of aliphatic hydroxyl groups is 1. The lowest BCUT2D eigenvalue weighted by Gasteiger charge is -2.37. The van der Waals surface area contributed by atoms with Gasteiger partial charge in [0.05, 0.1) is 18.3 Å². The van der Waals surface area contributed by atoms with Gasteiger partial charge in [0.1, 0.15) is 0 Å². The zero-order chi connectivity index (χ0) is 12.3. The van der Waals surface area contributed by atoms with Gasteiger partial charge in [0.25, 0.3) is 0 Å². The van der Waals surface area contributed by atoms with Crippen LogP contribution in [0.3, 0.4) is 0 Å². The first kappa shape index (κ1) is 13.3. The molecular weight excluding hydrogens is 214 g/mol. The van der Waals surface area contributed by atoms with Gasteiger partial charge in [-0.15, -0.1) is 0 Å². The Labute approximate surface area is 105 Å². The average Bonchev–Trinajstić information content (AvgIpc) is 2.43. The lowest BCUT2D eigenvalue weighted by Crippen LogP contribution is -2.48. The molecule has 2 rings (SSSR count). The van der Waals surface area contributed by atoms with Gasteiger partial charge in [-0.25, -0.2) is 0 Å². The molecule has 0 radical (unpaired) electrons. The highest BCUT2D eigenvalue weighted by molar-refractivity contribution is 4.80. The molecule has 1 aliphatic heterocycles. The molecule has 17 heavy (non-hydrogen) atoms. The summed E-state index contributed by atoms with van der Waals surface area (Å²) in [5, 5.41) is 10.2. The topological polar surface area (TPSA) is 32.7 Å². The van der Waals surface area contributed by atoms with Crippen molar-refractivity contribution in [2.75, 3.05) is 19.6 Å². The van der Waals surface area contributed by atoms with Crippen molar-refractivity contribution in [3.8, 4) is 0 Å². The van der Waals surface area contributed by atoms with Gasteiger partial charge in [0, 0.05) is 19.6 Å². The number of ether oxygens (including phenoxy) is 1. The molecule has 4 atom stereocenters. The van der Waals surface area contributed by atoms with Crippen LogP contribution in [0.25, 0.3) is 0 Å². The predicted octanol–water partition coefficient (Wildman–Crippen LogP) is 2.04. The fourth-order valence-corrected chi connectivity index (χ4v) is 3.34. The van der Waals surface area contributed by atoms with Crippen LogP contribution < -0.4 is 0 Å². The van der Waals surface area contributed by atoms with Crippen molar-refractivity contribution in [1.82, 2.24) is 4.90 Å². The van der Waals surface area contributed by atoms with Crippen LogP contribution in [-0.4, -0.2) is 48.0 Å². The van der Waals surface area contributed by atoms with Crippen LogP contribution in [-0.2, 0) is 4.74 Å². The van der Waals surface area contributed by atoms with E-state index in [9.17, 15) is 5.11 Å². The third-order valence-corrected chi connectivity index (χ3v) is 4.11. The molecule has 2 unspecified atom stereocenters. The molecule has 3 nitrogen and oxygen atoms in total. The Kier molecular flexibility index (Phi) is 4.83. The number of hydrogen-bond donors (Lipinski definition) is 1. The van der Waals surface area contributed by atoms with E-state index in [2.05, 4.69) is 18.7 Å². The molecule has 1 N–H and O–H groups in total. The smallest absolute Gasteiger partial charge is 0.0678 e. The van der Waals surface area contributed by atoms with E-state index >= 15 is 0 Å². The summed E-state index contributed by atoms with van der Waals surface area (Å²) in [5.41, 5.74) is 0. The van der Waals surface area contributed by atoms with Crippen LogP contribution in [0.1, 0.15) is 46.0 Å². The van der Waals surface area contributed by atoms with E-state index in [1.54, 1.807) is 0 Å². The van der Waals surface area contributed by atoms with Gasteiger partial charge >= 0.3 is 0 Å². The van der Waals surface area contributed by atoms with Gasteiger partial charge in [-0.05, 0) is 32.6 Å². The highest BCUT2D eigenvalue weighted by Crippen LogP contribution is 2.25. The van der Waals surface area contributed by atoms with Crippen LogP contribution in [0.5, 0.6) is 0 Å². The van der Waals surface area contributed by atoms with Crippen molar-refractivity contribution in [3.63, 3.8) is 0 Å². The van der Waals surface area contributed by atoms with Gasteiger partial charge in [-0.2, -0.15) is 0 Å².